The van der Waals surface area contributed by atoms with Gasteiger partial charge in [0.25, 0.3) is 0 Å². The Balaban J connectivity index is 1.73. The minimum absolute atomic E-state index is 0.122. The summed E-state index contributed by atoms with van der Waals surface area (Å²) in [5, 5.41) is 10.4. The van der Waals surface area contributed by atoms with Gasteiger partial charge in [0.05, 0.1) is 13.7 Å². The van der Waals surface area contributed by atoms with Crippen molar-refractivity contribution in [3.05, 3.63) is 98.6 Å². The second-order valence-electron chi connectivity index (χ2n) is 11.9. The summed E-state index contributed by atoms with van der Waals surface area (Å²) in [6, 6.07) is 18.2. The molecule has 38 heavy (non-hydrogen) atoms. The first-order chi connectivity index (χ1) is 18.5. The molecule has 0 bridgehead atoms. The van der Waals surface area contributed by atoms with Crippen molar-refractivity contribution in [2.45, 2.75) is 109 Å². The highest BCUT2D eigenvalue weighted by Crippen LogP contribution is 2.46. The number of aliphatic hydroxyl groups excluding tert-OH is 1. The van der Waals surface area contributed by atoms with Gasteiger partial charge in [0.2, 0.25) is 0 Å². The van der Waals surface area contributed by atoms with Crippen LogP contribution in [0.15, 0.2) is 48.5 Å². The molecular weight excluding hydrogens is 464 g/mol. The van der Waals surface area contributed by atoms with Crippen LogP contribution in [0.3, 0.4) is 0 Å². The number of benzene rings is 3. The van der Waals surface area contributed by atoms with Crippen LogP contribution in [0.2, 0.25) is 0 Å². The Morgan fingerprint density at radius 3 is 2.03 bits per heavy atom. The Bertz CT molecular complexity index is 1230. The molecule has 2 saturated carbocycles. The molecule has 0 saturated heterocycles. The normalized spacial score (nSPS) is 17.9. The summed E-state index contributed by atoms with van der Waals surface area (Å²) in [7, 11) is 1.83. The third kappa shape index (κ3) is 5.30. The van der Waals surface area contributed by atoms with Crippen molar-refractivity contribution in [1.29, 1.82) is 0 Å². The van der Waals surface area contributed by atoms with E-state index in [0.717, 1.165) is 11.3 Å². The zero-order chi connectivity index (χ0) is 26.6. The molecule has 3 aromatic carbocycles. The van der Waals surface area contributed by atoms with Crippen molar-refractivity contribution >= 4 is 0 Å². The highest BCUT2D eigenvalue weighted by molar-refractivity contribution is 5.58. The Morgan fingerprint density at radius 1 is 0.789 bits per heavy atom. The molecule has 0 radical (unpaired) electrons. The number of ether oxygens (including phenoxy) is 1. The van der Waals surface area contributed by atoms with Crippen LogP contribution < -0.4 is 4.74 Å². The van der Waals surface area contributed by atoms with Crippen molar-refractivity contribution < 1.29 is 9.84 Å². The average molecular weight is 511 g/mol. The van der Waals surface area contributed by atoms with Gasteiger partial charge in [-0.05, 0) is 114 Å². The summed E-state index contributed by atoms with van der Waals surface area (Å²) in [6.07, 6.45) is 12.9. The van der Waals surface area contributed by atoms with Gasteiger partial charge in [-0.3, -0.25) is 0 Å². The molecule has 0 spiro atoms. The van der Waals surface area contributed by atoms with Gasteiger partial charge in [0, 0.05) is 5.92 Å². The van der Waals surface area contributed by atoms with Crippen LogP contribution in [0.5, 0.6) is 5.75 Å². The SMILES string of the molecule is COc1cc(C)c(C(c2ccccc2)c2c(C)cc(CO)c(C3CCCCC3)c2C)cc1C1CCCCC1. The molecule has 2 fully saturated rings. The summed E-state index contributed by atoms with van der Waals surface area (Å²) < 4.78 is 5.97. The number of methoxy groups -OCH3 is 1. The first-order valence-corrected chi connectivity index (χ1v) is 15.0. The second-order valence-corrected chi connectivity index (χ2v) is 11.9. The van der Waals surface area contributed by atoms with Gasteiger partial charge >= 0.3 is 0 Å². The van der Waals surface area contributed by atoms with Crippen molar-refractivity contribution in [1.82, 2.24) is 0 Å². The van der Waals surface area contributed by atoms with Crippen molar-refractivity contribution in [3.8, 4) is 5.75 Å². The third-order valence-corrected chi connectivity index (χ3v) is 9.55. The maximum Gasteiger partial charge on any atom is 0.122 e. The first-order valence-electron chi connectivity index (χ1n) is 15.0. The van der Waals surface area contributed by atoms with Gasteiger partial charge in [-0.15, -0.1) is 0 Å². The molecule has 0 aromatic heterocycles. The molecule has 3 aromatic rings. The van der Waals surface area contributed by atoms with E-state index in [-0.39, 0.29) is 12.5 Å². The van der Waals surface area contributed by atoms with Gasteiger partial charge in [0.1, 0.15) is 5.75 Å². The molecule has 0 aliphatic heterocycles. The zero-order valence-electron chi connectivity index (χ0n) is 24.0. The summed E-state index contributed by atoms with van der Waals surface area (Å²) >= 11 is 0. The topological polar surface area (TPSA) is 29.5 Å². The quantitative estimate of drug-likeness (QED) is 0.321. The molecule has 202 valence electrons. The minimum Gasteiger partial charge on any atom is -0.496 e. The third-order valence-electron chi connectivity index (χ3n) is 9.55. The summed E-state index contributed by atoms with van der Waals surface area (Å²) in [5.41, 5.74) is 12.1. The molecule has 1 unspecified atom stereocenters. The minimum atomic E-state index is 0.122. The molecule has 1 N–H and O–H groups in total. The van der Waals surface area contributed by atoms with Crippen LogP contribution in [-0.4, -0.2) is 12.2 Å². The largest absolute Gasteiger partial charge is 0.496 e. The van der Waals surface area contributed by atoms with E-state index in [2.05, 4.69) is 69.3 Å². The Morgan fingerprint density at radius 2 is 1.42 bits per heavy atom. The molecular formula is C36H46O2. The molecule has 0 heterocycles. The second kappa shape index (κ2) is 12.1. The Hall–Kier alpha value is -2.58. The van der Waals surface area contributed by atoms with E-state index >= 15 is 0 Å². The maximum atomic E-state index is 10.4. The number of hydrogen-bond donors (Lipinski definition) is 1. The summed E-state index contributed by atoms with van der Waals surface area (Å²) in [6.45, 7) is 6.97. The van der Waals surface area contributed by atoms with E-state index in [4.69, 9.17) is 4.74 Å². The van der Waals surface area contributed by atoms with Crippen molar-refractivity contribution in [3.63, 3.8) is 0 Å². The number of rotatable bonds is 7. The maximum absolute atomic E-state index is 10.4. The molecule has 2 heteroatoms. The van der Waals surface area contributed by atoms with E-state index in [1.165, 1.54) is 109 Å². The lowest BCUT2D eigenvalue weighted by Gasteiger charge is -2.32. The number of aryl methyl sites for hydroxylation is 2. The van der Waals surface area contributed by atoms with Gasteiger partial charge in [-0.1, -0.05) is 81.0 Å². The van der Waals surface area contributed by atoms with Crippen LogP contribution in [0.1, 0.15) is 132 Å². The average Bonchev–Trinajstić information content (AvgIpc) is 2.96. The molecule has 2 nitrogen and oxygen atoms in total. The number of hydrogen-bond acceptors (Lipinski definition) is 2. The fourth-order valence-electron chi connectivity index (χ4n) is 7.72. The van der Waals surface area contributed by atoms with Gasteiger partial charge in [-0.25, -0.2) is 0 Å². The van der Waals surface area contributed by atoms with Crippen molar-refractivity contribution in [2.24, 2.45) is 0 Å². The van der Waals surface area contributed by atoms with Crippen LogP contribution in [0.4, 0.5) is 0 Å². The molecule has 2 aliphatic carbocycles. The van der Waals surface area contributed by atoms with E-state index in [9.17, 15) is 5.11 Å². The molecule has 0 amide bonds. The predicted octanol–water partition coefficient (Wildman–Crippen LogP) is 9.39. The highest BCUT2D eigenvalue weighted by Gasteiger charge is 2.30. The van der Waals surface area contributed by atoms with Crippen LogP contribution >= 0.6 is 0 Å². The van der Waals surface area contributed by atoms with E-state index in [1.54, 1.807) is 0 Å². The lowest BCUT2D eigenvalue weighted by Crippen LogP contribution is -2.16. The first kappa shape index (κ1) is 27.0. The summed E-state index contributed by atoms with van der Waals surface area (Å²) in [5.74, 6) is 2.33. The van der Waals surface area contributed by atoms with Crippen LogP contribution in [-0.2, 0) is 6.61 Å². The fourth-order valence-corrected chi connectivity index (χ4v) is 7.72. The summed E-state index contributed by atoms with van der Waals surface area (Å²) in [4.78, 5) is 0. The standard InChI is InChI=1S/C36H46O2/c1-24-21-33(38-4)32(27-14-8-5-9-15-27)22-31(24)36(29-18-12-7-13-19-29)34-25(2)20-30(23-37)35(26(34)3)28-16-10-6-11-17-28/h7,12-13,18-22,27-28,36-37H,5-6,8-11,14-17,23H2,1-4H3. The predicted molar refractivity (Wildman–Crippen MR) is 159 cm³/mol. The van der Waals surface area contributed by atoms with E-state index < -0.39 is 0 Å². The monoisotopic (exact) mass is 510 g/mol. The molecule has 1 atom stereocenters. The van der Waals surface area contributed by atoms with Crippen LogP contribution in [0.25, 0.3) is 0 Å². The lowest BCUT2D eigenvalue weighted by atomic mass is 9.72. The highest BCUT2D eigenvalue weighted by atomic mass is 16.5. The fraction of sp³-hybridized carbons (Fsp3) is 0.500. The molecule has 2 aliphatic rings. The van der Waals surface area contributed by atoms with E-state index in [1.807, 2.05) is 7.11 Å². The Labute approximate surface area is 230 Å². The van der Waals surface area contributed by atoms with E-state index in [0.29, 0.717) is 11.8 Å². The zero-order valence-corrected chi connectivity index (χ0v) is 24.0. The van der Waals surface area contributed by atoms with Gasteiger partial charge in [-0.2, -0.15) is 0 Å². The van der Waals surface area contributed by atoms with Crippen molar-refractivity contribution in [2.75, 3.05) is 7.11 Å². The smallest absolute Gasteiger partial charge is 0.122 e. The number of aliphatic hydroxyl groups is 1. The van der Waals surface area contributed by atoms with Crippen LogP contribution in [0, 0.1) is 20.8 Å². The van der Waals surface area contributed by atoms with Gasteiger partial charge < -0.3 is 9.84 Å². The molecule has 5 rings (SSSR count). The Kier molecular flexibility index (Phi) is 8.58. The lowest BCUT2D eigenvalue weighted by molar-refractivity contribution is 0.278. The van der Waals surface area contributed by atoms with Gasteiger partial charge in [0.15, 0.2) is 0 Å².